The summed E-state index contributed by atoms with van der Waals surface area (Å²) >= 11 is 0. The number of aryl methyl sites for hydroxylation is 2. The van der Waals surface area contributed by atoms with E-state index in [0.717, 1.165) is 11.3 Å². The number of aromatic nitrogens is 4. The Hall–Kier alpha value is -3.35. The van der Waals surface area contributed by atoms with Crippen molar-refractivity contribution in [1.29, 1.82) is 0 Å². The third-order valence-corrected chi connectivity index (χ3v) is 4.90. The number of ether oxygens (including phenoxy) is 1. The number of hydrazone groups is 1. The van der Waals surface area contributed by atoms with Crippen molar-refractivity contribution in [2.24, 2.45) is 5.10 Å². The normalized spacial score (nSPS) is 24.2. The number of aliphatic hydroxyl groups excluding tert-OH is 2. The van der Waals surface area contributed by atoms with Crippen LogP contribution in [0.3, 0.4) is 0 Å². The molecule has 1 aliphatic rings. The highest BCUT2D eigenvalue weighted by molar-refractivity contribution is 5.84. The van der Waals surface area contributed by atoms with Crippen LogP contribution in [0.2, 0.25) is 0 Å². The lowest BCUT2D eigenvalue weighted by molar-refractivity contribution is -0.133. The van der Waals surface area contributed by atoms with Crippen LogP contribution in [0, 0.1) is 13.8 Å². The topological polar surface area (TPSA) is 174 Å². The quantitative estimate of drug-likeness (QED) is 0.334. The van der Waals surface area contributed by atoms with Gasteiger partial charge in [-0.05, 0) is 32.4 Å². The zero-order valence-corrected chi connectivity index (χ0v) is 16.5. The SMILES string of the molecule is CC(=O)[C@H]1O[C@@H](n2cnc3c(N)nc(N/N=C/c4cc(C)c(C)o4)nc32)[C@H](O)[C@@H]1O. The van der Waals surface area contributed by atoms with E-state index in [9.17, 15) is 15.0 Å². The van der Waals surface area contributed by atoms with Gasteiger partial charge < -0.3 is 25.1 Å². The van der Waals surface area contributed by atoms with Gasteiger partial charge >= 0.3 is 0 Å². The number of hydrogen-bond acceptors (Lipinski definition) is 11. The van der Waals surface area contributed by atoms with E-state index >= 15 is 0 Å². The molecule has 0 spiro atoms. The molecule has 0 aromatic carbocycles. The van der Waals surface area contributed by atoms with E-state index in [0.29, 0.717) is 5.76 Å². The summed E-state index contributed by atoms with van der Waals surface area (Å²) in [5, 5.41) is 24.5. The molecule has 30 heavy (non-hydrogen) atoms. The molecule has 12 nitrogen and oxygen atoms in total. The molecule has 158 valence electrons. The van der Waals surface area contributed by atoms with Crippen LogP contribution >= 0.6 is 0 Å². The fraction of sp³-hybridized carbons (Fsp3) is 0.389. The van der Waals surface area contributed by atoms with Gasteiger partial charge in [0.1, 0.15) is 35.3 Å². The number of fused-ring (bicyclic) bond motifs is 1. The average molecular weight is 415 g/mol. The van der Waals surface area contributed by atoms with Crippen LogP contribution in [0.1, 0.15) is 30.2 Å². The predicted octanol–water partition coefficient (Wildman–Crippen LogP) is 0.273. The maximum absolute atomic E-state index is 11.6. The molecule has 5 N–H and O–H groups in total. The number of nitrogens with two attached hydrogens (primary N) is 1. The number of ketones is 1. The lowest BCUT2D eigenvalue weighted by Gasteiger charge is -2.16. The number of nitrogens with zero attached hydrogens (tertiary/aromatic N) is 5. The van der Waals surface area contributed by atoms with Gasteiger partial charge in [0.05, 0.1) is 12.5 Å². The molecule has 0 aliphatic carbocycles. The summed E-state index contributed by atoms with van der Waals surface area (Å²) < 4.78 is 12.4. The van der Waals surface area contributed by atoms with Gasteiger partial charge in [0.2, 0.25) is 5.95 Å². The number of Topliss-reactive ketones (excluding diaryl/α,β-unsaturated/α-hetero) is 1. The maximum Gasteiger partial charge on any atom is 0.247 e. The van der Waals surface area contributed by atoms with Crippen molar-refractivity contribution in [3.05, 3.63) is 29.5 Å². The number of anilines is 2. The van der Waals surface area contributed by atoms with Crippen LogP contribution in [0.15, 0.2) is 21.9 Å². The molecule has 0 unspecified atom stereocenters. The van der Waals surface area contributed by atoms with Crippen LogP contribution in [-0.4, -0.2) is 60.0 Å². The molecule has 0 bridgehead atoms. The van der Waals surface area contributed by atoms with Crippen molar-refractivity contribution in [1.82, 2.24) is 19.5 Å². The lowest BCUT2D eigenvalue weighted by atomic mass is 10.1. The number of nitrogen functional groups attached to an aromatic ring is 1. The lowest BCUT2D eigenvalue weighted by Crippen LogP contribution is -2.34. The number of rotatable bonds is 5. The van der Waals surface area contributed by atoms with Crippen LogP contribution in [-0.2, 0) is 9.53 Å². The fourth-order valence-corrected chi connectivity index (χ4v) is 3.22. The average Bonchev–Trinajstić information content (AvgIpc) is 3.33. The first kappa shape index (κ1) is 19.9. The molecule has 1 aliphatic heterocycles. The fourth-order valence-electron chi connectivity index (χ4n) is 3.22. The molecule has 3 aromatic heterocycles. The predicted molar refractivity (Wildman–Crippen MR) is 106 cm³/mol. The Balaban J connectivity index is 1.62. The molecular formula is C18H21N7O5. The summed E-state index contributed by atoms with van der Waals surface area (Å²) in [6.45, 7) is 5.05. The minimum atomic E-state index is -1.37. The highest BCUT2D eigenvalue weighted by Crippen LogP contribution is 2.32. The van der Waals surface area contributed by atoms with Gasteiger partial charge in [-0.2, -0.15) is 15.1 Å². The van der Waals surface area contributed by atoms with Crippen molar-refractivity contribution in [3.8, 4) is 0 Å². The summed E-state index contributed by atoms with van der Waals surface area (Å²) in [4.78, 5) is 24.2. The highest BCUT2D eigenvalue weighted by Gasteiger charge is 2.46. The summed E-state index contributed by atoms with van der Waals surface area (Å²) in [6.07, 6.45) is -2.12. The van der Waals surface area contributed by atoms with E-state index in [1.54, 1.807) is 0 Å². The Morgan fingerprint density at radius 1 is 1.33 bits per heavy atom. The van der Waals surface area contributed by atoms with E-state index in [1.807, 2.05) is 19.9 Å². The Labute approximate surface area is 170 Å². The van der Waals surface area contributed by atoms with Gasteiger partial charge in [-0.25, -0.2) is 10.4 Å². The Bertz CT molecular complexity index is 1120. The van der Waals surface area contributed by atoms with E-state index in [-0.39, 0.29) is 22.9 Å². The van der Waals surface area contributed by atoms with Crippen molar-refractivity contribution in [3.63, 3.8) is 0 Å². The first-order valence-corrected chi connectivity index (χ1v) is 9.14. The third-order valence-electron chi connectivity index (χ3n) is 4.90. The number of nitrogens with one attached hydrogen (secondary N) is 1. The first-order valence-electron chi connectivity index (χ1n) is 9.14. The summed E-state index contributed by atoms with van der Waals surface area (Å²) in [6, 6.07) is 1.84. The van der Waals surface area contributed by atoms with Crippen molar-refractivity contribution >= 4 is 34.9 Å². The monoisotopic (exact) mass is 415 g/mol. The van der Waals surface area contributed by atoms with E-state index < -0.39 is 30.3 Å². The Morgan fingerprint density at radius 3 is 2.73 bits per heavy atom. The van der Waals surface area contributed by atoms with Crippen molar-refractivity contribution < 1.29 is 24.2 Å². The van der Waals surface area contributed by atoms with Gasteiger partial charge in [0.15, 0.2) is 23.5 Å². The van der Waals surface area contributed by atoms with Crippen LogP contribution < -0.4 is 11.2 Å². The molecule has 1 saturated heterocycles. The van der Waals surface area contributed by atoms with Gasteiger partial charge in [-0.3, -0.25) is 9.36 Å². The zero-order chi connectivity index (χ0) is 21.6. The summed E-state index contributed by atoms with van der Waals surface area (Å²) in [7, 11) is 0. The first-order chi connectivity index (χ1) is 14.3. The standard InChI is InChI=1S/C18H21N7O5/c1-7-4-10(29-9(7)3)5-21-24-18-22-15(19)11-16(23-18)25(6-20-11)17-13(28)12(27)14(30-17)8(2)26/h4-6,12-14,17,27-28H,1-3H3,(H3,19,22,23,24)/b21-5+/t12-,13+,14+,17+/m0/s1. The molecule has 12 heteroatoms. The number of furan rings is 1. The Kier molecular flexibility index (Phi) is 4.97. The maximum atomic E-state index is 11.6. The van der Waals surface area contributed by atoms with Crippen LogP contribution in [0.5, 0.6) is 0 Å². The third kappa shape index (κ3) is 3.40. The summed E-state index contributed by atoms with van der Waals surface area (Å²) in [5.41, 5.74) is 10.2. The van der Waals surface area contributed by atoms with Gasteiger partial charge in [0, 0.05) is 0 Å². The van der Waals surface area contributed by atoms with Crippen LogP contribution in [0.4, 0.5) is 11.8 Å². The molecule has 0 saturated carbocycles. The molecule has 4 heterocycles. The molecule has 0 amide bonds. The van der Waals surface area contributed by atoms with E-state index in [2.05, 4.69) is 25.5 Å². The molecule has 1 fully saturated rings. The second-order valence-corrected chi connectivity index (χ2v) is 7.05. The minimum Gasteiger partial charge on any atom is -0.460 e. The van der Waals surface area contributed by atoms with Crippen LogP contribution in [0.25, 0.3) is 11.2 Å². The smallest absolute Gasteiger partial charge is 0.247 e. The van der Waals surface area contributed by atoms with Crippen molar-refractivity contribution in [2.45, 2.75) is 45.3 Å². The van der Waals surface area contributed by atoms with Crippen molar-refractivity contribution in [2.75, 3.05) is 11.2 Å². The number of hydrogen-bond donors (Lipinski definition) is 4. The van der Waals surface area contributed by atoms with Gasteiger partial charge in [-0.15, -0.1) is 0 Å². The second-order valence-electron chi connectivity index (χ2n) is 7.05. The second kappa shape index (κ2) is 7.48. The molecule has 0 radical (unpaired) electrons. The largest absolute Gasteiger partial charge is 0.460 e. The number of carbonyl (C=O) groups is 1. The minimum absolute atomic E-state index is 0.0779. The van der Waals surface area contributed by atoms with Gasteiger partial charge in [0.25, 0.3) is 0 Å². The Morgan fingerprint density at radius 2 is 2.10 bits per heavy atom. The molecule has 3 aromatic rings. The number of carbonyl (C=O) groups excluding carboxylic acids is 1. The number of imidazole rings is 1. The summed E-state index contributed by atoms with van der Waals surface area (Å²) in [5.74, 6) is 1.11. The van der Waals surface area contributed by atoms with Gasteiger partial charge in [-0.1, -0.05) is 0 Å². The molecule has 4 rings (SSSR count). The zero-order valence-electron chi connectivity index (χ0n) is 16.5. The van der Waals surface area contributed by atoms with E-state index in [1.165, 1.54) is 24.0 Å². The van der Waals surface area contributed by atoms with E-state index in [4.69, 9.17) is 14.9 Å². The number of aliphatic hydroxyl groups is 2. The molecule has 4 atom stereocenters. The highest BCUT2D eigenvalue weighted by atomic mass is 16.6. The molecular weight excluding hydrogens is 394 g/mol.